The van der Waals surface area contributed by atoms with E-state index in [1.54, 1.807) is 18.2 Å². The maximum atomic E-state index is 10.2. The molecule has 0 aliphatic heterocycles. The van der Waals surface area contributed by atoms with Gasteiger partial charge in [-0.25, -0.2) is 0 Å². The quantitative estimate of drug-likeness (QED) is 0.430. The van der Waals surface area contributed by atoms with Gasteiger partial charge in [0.25, 0.3) is 0 Å². The zero-order chi connectivity index (χ0) is 6.69. The van der Waals surface area contributed by atoms with Crippen molar-refractivity contribution < 1.29 is 4.79 Å². The van der Waals surface area contributed by atoms with Crippen molar-refractivity contribution in [2.45, 2.75) is 4.90 Å². The van der Waals surface area contributed by atoms with Gasteiger partial charge in [-0.15, -0.1) is 0 Å². The summed E-state index contributed by atoms with van der Waals surface area (Å²) in [5.41, 5.74) is 0.590. The average Bonchev–Trinajstić information content (AvgIpc) is 1.89. The number of rotatable bonds is 1. The lowest BCUT2D eigenvalue weighted by Crippen LogP contribution is -1.81. The molecule has 0 aliphatic carbocycles. The summed E-state index contributed by atoms with van der Waals surface area (Å²) in [5, 5.41) is 0. The van der Waals surface area contributed by atoms with Crippen molar-refractivity contribution in [2.75, 3.05) is 0 Å². The summed E-state index contributed by atoms with van der Waals surface area (Å²) in [6.07, 6.45) is 0.766. The van der Waals surface area contributed by atoms with E-state index in [-0.39, 0.29) is 0 Å². The number of carbonyl (C=O) groups is 1. The van der Waals surface area contributed by atoms with Crippen LogP contribution in [0.15, 0.2) is 29.2 Å². The largest absolute Gasteiger partial charge is 0.779 e. The smallest absolute Gasteiger partial charge is 0.148 e. The van der Waals surface area contributed by atoms with Gasteiger partial charge in [-0.2, -0.15) is 4.90 Å². The molecule has 0 radical (unpaired) electrons. The van der Waals surface area contributed by atoms with Crippen molar-refractivity contribution in [3.05, 3.63) is 29.8 Å². The standard InChI is InChI=1S/C7H6OS/c8-5-6-3-1-2-4-7(6)9/h1-5,9H/p-1. The Morgan fingerprint density at radius 2 is 2.00 bits per heavy atom. The van der Waals surface area contributed by atoms with Crippen LogP contribution in [0.4, 0.5) is 0 Å². The van der Waals surface area contributed by atoms with E-state index in [1.165, 1.54) is 0 Å². The highest BCUT2D eigenvalue weighted by molar-refractivity contribution is 7.58. The van der Waals surface area contributed by atoms with Crippen LogP contribution in [0.2, 0.25) is 0 Å². The van der Waals surface area contributed by atoms with Gasteiger partial charge in [0.15, 0.2) is 0 Å². The fourth-order valence-corrected chi connectivity index (χ4v) is 0.773. The molecule has 0 amide bonds. The molecule has 0 atom stereocenters. The van der Waals surface area contributed by atoms with Crippen LogP contribution < -0.4 is 0 Å². The summed E-state index contributed by atoms with van der Waals surface area (Å²) in [4.78, 5) is 10.8. The zero-order valence-corrected chi connectivity index (χ0v) is 5.52. The molecule has 0 fully saturated rings. The molecule has 1 rings (SSSR count). The molecule has 9 heavy (non-hydrogen) atoms. The van der Waals surface area contributed by atoms with Crippen LogP contribution in [0.25, 0.3) is 0 Å². The molecule has 0 heterocycles. The second kappa shape index (κ2) is 2.60. The van der Waals surface area contributed by atoms with E-state index in [2.05, 4.69) is 0 Å². The van der Waals surface area contributed by atoms with Crippen LogP contribution in [0.3, 0.4) is 0 Å². The van der Waals surface area contributed by atoms with Crippen molar-refractivity contribution in [1.82, 2.24) is 0 Å². The van der Waals surface area contributed by atoms with Gasteiger partial charge in [0, 0.05) is 0 Å². The number of aldehydes is 1. The summed E-state index contributed by atoms with van der Waals surface area (Å²) in [6.45, 7) is 0. The summed E-state index contributed by atoms with van der Waals surface area (Å²) >= 11 is 4.82. The van der Waals surface area contributed by atoms with Crippen LogP contribution in [-0.4, -0.2) is 6.29 Å². The third-order valence-corrected chi connectivity index (χ3v) is 1.42. The first-order valence-electron chi connectivity index (χ1n) is 2.56. The first kappa shape index (κ1) is 6.23. The van der Waals surface area contributed by atoms with Crippen molar-refractivity contribution in [1.29, 1.82) is 0 Å². The van der Waals surface area contributed by atoms with E-state index in [9.17, 15) is 4.79 Å². The van der Waals surface area contributed by atoms with Crippen LogP contribution in [0, 0.1) is 0 Å². The van der Waals surface area contributed by atoms with Crippen LogP contribution in [-0.2, 0) is 12.6 Å². The normalized spacial score (nSPS) is 8.89. The van der Waals surface area contributed by atoms with E-state index >= 15 is 0 Å². The minimum absolute atomic E-state index is 0.590. The second-order valence-corrected chi connectivity index (χ2v) is 2.10. The second-order valence-electron chi connectivity index (χ2n) is 1.66. The van der Waals surface area contributed by atoms with Crippen molar-refractivity contribution in [3.63, 3.8) is 0 Å². The summed E-state index contributed by atoms with van der Waals surface area (Å²) in [7, 11) is 0. The molecule has 46 valence electrons. The molecular weight excluding hydrogens is 132 g/mol. The zero-order valence-electron chi connectivity index (χ0n) is 4.70. The Kier molecular flexibility index (Phi) is 1.80. The van der Waals surface area contributed by atoms with E-state index < -0.39 is 0 Å². The lowest BCUT2D eigenvalue weighted by atomic mass is 10.2. The van der Waals surface area contributed by atoms with Gasteiger partial charge in [-0.05, 0) is 5.56 Å². The van der Waals surface area contributed by atoms with Gasteiger partial charge in [-0.3, -0.25) is 4.79 Å². The summed E-state index contributed by atoms with van der Waals surface area (Å²) in [5.74, 6) is 0. The molecule has 0 aromatic heterocycles. The Morgan fingerprint density at radius 1 is 1.33 bits per heavy atom. The van der Waals surface area contributed by atoms with Crippen molar-refractivity contribution >= 4 is 18.9 Å². The summed E-state index contributed by atoms with van der Waals surface area (Å²) < 4.78 is 0. The number of hydrogen-bond donors (Lipinski definition) is 0. The summed E-state index contributed by atoms with van der Waals surface area (Å²) in [6, 6.07) is 7.04. The number of carbonyl (C=O) groups excluding carboxylic acids is 1. The monoisotopic (exact) mass is 137 g/mol. The Bertz CT molecular complexity index is 220. The highest BCUT2D eigenvalue weighted by atomic mass is 32.1. The number of hydrogen-bond acceptors (Lipinski definition) is 2. The molecule has 0 aliphatic rings. The fourth-order valence-electron chi connectivity index (χ4n) is 0.578. The third-order valence-electron chi connectivity index (χ3n) is 1.05. The maximum absolute atomic E-state index is 10.2. The van der Waals surface area contributed by atoms with E-state index in [0.717, 1.165) is 6.29 Å². The van der Waals surface area contributed by atoms with Crippen molar-refractivity contribution in [3.8, 4) is 0 Å². The molecule has 0 unspecified atom stereocenters. The van der Waals surface area contributed by atoms with E-state index in [0.29, 0.717) is 10.5 Å². The van der Waals surface area contributed by atoms with Gasteiger partial charge in [0.1, 0.15) is 6.29 Å². The molecule has 2 heteroatoms. The van der Waals surface area contributed by atoms with E-state index in [4.69, 9.17) is 12.6 Å². The Morgan fingerprint density at radius 3 is 2.44 bits per heavy atom. The topological polar surface area (TPSA) is 17.1 Å². The highest BCUT2D eigenvalue weighted by Crippen LogP contribution is 2.02. The third kappa shape index (κ3) is 1.27. The average molecular weight is 137 g/mol. The van der Waals surface area contributed by atoms with E-state index in [1.807, 2.05) is 6.07 Å². The molecule has 0 saturated carbocycles. The molecule has 0 saturated heterocycles. The number of benzene rings is 1. The molecule has 1 aromatic carbocycles. The van der Waals surface area contributed by atoms with Crippen LogP contribution in [0.5, 0.6) is 0 Å². The molecule has 1 aromatic rings. The molecule has 0 spiro atoms. The van der Waals surface area contributed by atoms with Crippen LogP contribution >= 0.6 is 0 Å². The van der Waals surface area contributed by atoms with Gasteiger partial charge < -0.3 is 12.6 Å². The van der Waals surface area contributed by atoms with Gasteiger partial charge in [-0.1, -0.05) is 24.3 Å². The first-order chi connectivity index (χ1) is 4.34. The highest BCUT2D eigenvalue weighted by Gasteiger charge is 1.83. The lowest BCUT2D eigenvalue weighted by Gasteiger charge is -2.05. The Labute approximate surface area is 59.1 Å². The maximum Gasteiger partial charge on any atom is 0.148 e. The van der Waals surface area contributed by atoms with Crippen molar-refractivity contribution in [2.24, 2.45) is 0 Å². The molecule has 1 nitrogen and oxygen atoms in total. The predicted octanol–water partition coefficient (Wildman–Crippen LogP) is 1.40. The Balaban J connectivity index is 3.15. The minimum atomic E-state index is 0.590. The van der Waals surface area contributed by atoms with Gasteiger partial charge >= 0.3 is 0 Å². The van der Waals surface area contributed by atoms with Gasteiger partial charge in [0.2, 0.25) is 0 Å². The first-order valence-corrected chi connectivity index (χ1v) is 2.96. The SMILES string of the molecule is O=Cc1ccccc1[S-]. The molecule has 0 N–H and O–H groups in total. The molecule has 0 bridgehead atoms. The Hall–Kier alpha value is -0.890. The minimum Gasteiger partial charge on any atom is -0.779 e. The predicted molar refractivity (Wildman–Crippen MR) is 37.5 cm³/mol. The molecular formula is C7H5OS-. The lowest BCUT2D eigenvalue weighted by molar-refractivity contribution is 0.112. The fraction of sp³-hybridized carbons (Fsp3) is 0. The van der Waals surface area contributed by atoms with Crippen LogP contribution in [0.1, 0.15) is 10.4 Å². The van der Waals surface area contributed by atoms with Gasteiger partial charge in [0.05, 0.1) is 0 Å².